The number of fused-ring (bicyclic) bond motifs is 1. The van der Waals surface area contributed by atoms with Gasteiger partial charge in [0, 0.05) is 62.3 Å². The number of hydrogen-bond acceptors (Lipinski definition) is 4. The molecule has 2 aliphatic rings. The third-order valence-electron chi connectivity index (χ3n) is 6.85. The minimum atomic E-state index is 0. The van der Waals surface area contributed by atoms with E-state index in [1.807, 2.05) is 16.8 Å². The molecule has 31 heavy (non-hydrogen) atoms. The molecule has 1 saturated heterocycles. The molecule has 0 aromatic carbocycles. The standard InChI is InChI=1S/C22H37N7.2ClH/c1-3-17(4-2)20-16-22(29-21(27-20)7-8-25-29)26-19-6-5-18(15-19)24-11-14-28-12-9-23-10-13-28;;/h7-8,16-19,23-24,26H,3-6,9-15H2,1-2H3;2*1H/t18-,19-;;/m0../s1. The summed E-state index contributed by atoms with van der Waals surface area (Å²) in [5.74, 6) is 1.63. The van der Waals surface area contributed by atoms with Crippen LogP contribution in [0.3, 0.4) is 0 Å². The number of aromatic nitrogens is 3. The lowest BCUT2D eigenvalue weighted by molar-refractivity contribution is -0.690. The summed E-state index contributed by atoms with van der Waals surface area (Å²) in [5, 5.41) is 13.3. The molecule has 2 atom stereocenters. The summed E-state index contributed by atoms with van der Waals surface area (Å²) in [6.07, 6.45) is 7.89. The first-order chi connectivity index (χ1) is 14.3. The van der Waals surface area contributed by atoms with E-state index < -0.39 is 0 Å². The van der Waals surface area contributed by atoms with Crippen LogP contribution >= 0.6 is 0 Å². The number of nitrogens with one attached hydrogen (secondary N) is 1. The summed E-state index contributed by atoms with van der Waals surface area (Å²) in [5.41, 5.74) is 2.15. The van der Waals surface area contributed by atoms with Crippen molar-refractivity contribution in [3.05, 3.63) is 24.0 Å². The highest BCUT2D eigenvalue weighted by atomic mass is 35.5. The third-order valence-corrected chi connectivity index (χ3v) is 6.85. The van der Waals surface area contributed by atoms with Crippen LogP contribution in [0.5, 0.6) is 0 Å². The molecule has 0 unspecified atom stereocenters. The van der Waals surface area contributed by atoms with E-state index in [-0.39, 0.29) is 24.8 Å². The Balaban J connectivity index is 0.00000171. The van der Waals surface area contributed by atoms with E-state index >= 15 is 0 Å². The highest BCUT2D eigenvalue weighted by Crippen LogP contribution is 2.27. The Morgan fingerprint density at radius 3 is 2.71 bits per heavy atom. The lowest BCUT2D eigenvalue weighted by atomic mass is 9.99. The van der Waals surface area contributed by atoms with Crippen molar-refractivity contribution in [1.82, 2.24) is 19.5 Å². The lowest BCUT2D eigenvalue weighted by Gasteiger charge is -2.24. The molecule has 3 heterocycles. The number of nitrogens with two attached hydrogens (primary N) is 2. The molecule has 2 fully saturated rings. The molecule has 2 aromatic rings. The number of rotatable bonds is 9. The maximum absolute atomic E-state index is 4.86. The number of piperazine rings is 1. The molecule has 5 N–H and O–H groups in total. The Kier molecular flexibility index (Phi) is 10.8. The van der Waals surface area contributed by atoms with Gasteiger partial charge in [0.25, 0.3) is 0 Å². The topological polar surface area (TPSA) is 78.7 Å². The maximum atomic E-state index is 4.86. The second-order valence-corrected chi connectivity index (χ2v) is 8.83. The van der Waals surface area contributed by atoms with Gasteiger partial charge in [0.05, 0.1) is 31.9 Å². The van der Waals surface area contributed by atoms with Gasteiger partial charge in [0.2, 0.25) is 0 Å². The van der Waals surface area contributed by atoms with Crippen molar-refractivity contribution in [2.24, 2.45) is 0 Å². The molecule has 176 valence electrons. The van der Waals surface area contributed by atoms with Crippen LogP contribution in [0.25, 0.3) is 5.65 Å². The van der Waals surface area contributed by atoms with Gasteiger partial charge in [-0.25, -0.2) is 4.98 Å². The molecule has 7 nitrogen and oxygen atoms in total. The van der Waals surface area contributed by atoms with Gasteiger partial charge in [0.1, 0.15) is 5.82 Å². The van der Waals surface area contributed by atoms with E-state index in [9.17, 15) is 0 Å². The Morgan fingerprint density at radius 1 is 1.19 bits per heavy atom. The zero-order valence-electron chi connectivity index (χ0n) is 18.9. The molecule has 0 bridgehead atoms. The monoisotopic (exact) mass is 471 g/mol. The third kappa shape index (κ3) is 6.68. The summed E-state index contributed by atoms with van der Waals surface area (Å²) in [6.45, 7) is 12.0. The Morgan fingerprint density at radius 2 is 1.97 bits per heavy atom. The quantitative estimate of drug-likeness (QED) is 0.340. The number of halogens is 2. The highest BCUT2D eigenvalue weighted by Gasteiger charge is 2.28. The molecule has 2 aromatic heterocycles. The summed E-state index contributed by atoms with van der Waals surface area (Å²) in [6, 6.07) is 5.53. The predicted octanol–water partition coefficient (Wildman–Crippen LogP) is -5.58. The fourth-order valence-corrected chi connectivity index (χ4v) is 5.04. The first kappa shape index (κ1) is 26.1. The van der Waals surface area contributed by atoms with E-state index in [1.165, 1.54) is 64.2 Å². The van der Waals surface area contributed by atoms with Crippen LogP contribution in [-0.2, 0) is 0 Å². The van der Waals surface area contributed by atoms with Crippen molar-refractivity contribution < 1.29 is 35.4 Å². The Bertz CT molecular complexity index is 774. The van der Waals surface area contributed by atoms with Gasteiger partial charge >= 0.3 is 0 Å². The minimum Gasteiger partial charge on any atom is -1.00 e. The number of nitrogens with zero attached hydrogens (tertiary/aromatic N) is 4. The first-order valence-electron chi connectivity index (χ1n) is 11.7. The molecule has 0 spiro atoms. The van der Waals surface area contributed by atoms with Crippen LogP contribution in [0.2, 0.25) is 0 Å². The predicted molar refractivity (Wildman–Crippen MR) is 116 cm³/mol. The average Bonchev–Trinajstić information content (AvgIpc) is 3.39. The van der Waals surface area contributed by atoms with Gasteiger partial charge in [-0.2, -0.15) is 9.61 Å². The maximum Gasteiger partial charge on any atom is 0.157 e. The largest absolute Gasteiger partial charge is 1.00 e. The smallest absolute Gasteiger partial charge is 0.157 e. The van der Waals surface area contributed by atoms with Crippen LogP contribution in [0.1, 0.15) is 57.6 Å². The van der Waals surface area contributed by atoms with Crippen molar-refractivity contribution in [3.63, 3.8) is 0 Å². The molecule has 1 aliphatic carbocycles. The number of hydrogen-bond donors (Lipinski definition) is 3. The normalized spacial score (nSPS) is 21.8. The SMILES string of the molecule is CCC(CC)c1cc(N[C@H]2CC[C@H]([NH2+]CCN3CC[NH2+]CC3)C2)n2nccc2n1.[Cl-].[Cl-]. The van der Waals surface area contributed by atoms with Crippen molar-refractivity contribution in [2.75, 3.05) is 44.6 Å². The summed E-state index contributed by atoms with van der Waals surface area (Å²) < 4.78 is 1.97. The van der Waals surface area contributed by atoms with Crippen molar-refractivity contribution in [1.29, 1.82) is 0 Å². The van der Waals surface area contributed by atoms with Crippen molar-refractivity contribution in [3.8, 4) is 0 Å². The second-order valence-electron chi connectivity index (χ2n) is 8.83. The molecule has 1 saturated carbocycles. The second kappa shape index (κ2) is 12.8. The molecule has 4 rings (SSSR count). The molecular weight excluding hydrogens is 433 g/mol. The Labute approximate surface area is 199 Å². The van der Waals surface area contributed by atoms with E-state index in [0.29, 0.717) is 12.0 Å². The minimum absolute atomic E-state index is 0. The van der Waals surface area contributed by atoms with Gasteiger partial charge in [-0.1, -0.05) is 13.8 Å². The van der Waals surface area contributed by atoms with E-state index in [2.05, 4.69) is 45.9 Å². The average molecular weight is 473 g/mol. The van der Waals surface area contributed by atoms with Crippen molar-refractivity contribution >= 4 is 11.5 Å². The van der Waals surface area contributed by atoms with Gasteiger partial charge in [0.15, 0.2) is 5.65 Å². The van der Waals surface area contributed by atoms with E-state index in [0.717, 1.165) is 30.3 Å². The van der Waals surface area contributed by atoms with Crippen LogP contribution in [0.4, 0.5) is 5.82 Å². The summed E-state index contributed by atoms with van der Waals surface area (Å²) in [7, 11) is 0. The van der Waals surface area contributed by atoms with E-state index in [1.54, 1.807) is 0 Å². The summed E-state index contributed by atoms with van der Waals surface area (Å²) >= 11 is 0. The molecule has 9 heteroatoms. The first-order valence-corrected chi connectivity index (χ1v) is 11.7. The van der Waals surface area contributed by atoms with Gasteiger partial charge in [-0.05, 0) is 19.3 Å². The fraction of sp³-hybridized carbons (Fsp3) is 0.727. The van der Waals surface area contributed by atoms with Crippen molar-refractivity contribution in [2.45, 2.75) is 64.0 Å². The lowest BCUT2D eigenvalue weighted by Crippen LogP contribution is -3.00. The van der Waals surface area contributed by atoms with Gasteiger partial charge in [-0.3, -0.25) is 4.90 Å². The van der Waals surface area contributed by atoms with Crippen LogP contribution in [0, 0.1) is 0 Å². The van der Waals surface area contributed by atoms with Crippen LogP contribution in [0.15, 0.2) is 18.3 Å². The molecular formula is C22H39Cl2N7. The summed E-state index contributed by atoms with van der Waals surface area (Å²) in [4.78, 5) is 7.48. The zero-order valence-corrected chi connectivity index (χ0v) is 20.5. The molecule has 0 radical (unpaired) electrons. The van der Waals surface area contributed by atoms with Crippen LogP contribution in [-0.4, -0.2) is 70.9 Å². The zero-order chi connectivity index (χ0) is 20.1. The fourth-order valence-electron chi connectivity index (χ4n) is 5.04. The number of anilines is 1. The van der Waals surface area contributed by atoms with Gasteiger partial charge < -0.3 is 40.8 Å². The molecule has 0 amide bonds. The van der Waals surface area contributed by atoms with Gasteiger partial charge in [-0.15, -0.1) is 0 Å². The number of quaternary nitrogens is 2. The van der Waals surface area contributed by atoms with E-state index in [4.69, 9.17) is 4.98 Å². The Hall–Kier alpha value is -1.12. The van der Waals surface area contributed by atoms with Crippen LogP contribution < -0.4 is 40.8 Å². The molecule has 1 aliphatic heterocycles. The highest BCUT2D eigenvalue weighted by molar-refractivity contribution is 5.50.